The van der Waals surface area contributed by atoms with E-state index in [4.69, 9.17) is 14.2 Å². The van der Waals surface area contributed by atoms with E-state index in [1.54, 1.807) is 21.3 Å². The third kappa shape index (κ3) is 3.07. The molecule has 0 amide bonds. The summed E-state index contributed by atoms with van der Waals surface area (Å²) in [5.74, 6) is 3.21. The van der Waals surface area contributed by atoms with Crippen LogP contribution in [0.4, 0.5) is 0 Å². The van der Waals surface area contributed by atoms with Gasteiger partial charge in [0, 0.05) is 18.7 Å². The van der Waals surface area contributed by atoms with Crippen LogP contribution in [-0.4, -0.2) is 27.9 Å². The third-order valence-corrected chi connectivity index (χ3v) is 3.25. The minimum absolute atomic E-state index is 0.745. The van der Waals surface area contributed by atoms with Crippen LogP contribution in [0.25, 0.3) is 0 Å². The van der Waals surface area contributed by atoms with Crippen molar-refractivity contribution in [3.05, 3.63) is 17.7 Å². The molecule has 1 fully saturated rings. The molecule has 0 atom stereocenters. The highest BCUT2D eigenvalue weighted by Crippen LogP contribution is 2.34. The summed E-state index contributed by atoms with van der Waals surface area (Å²) in [5, 5.41) is 3.45. The molecule has 0 heterocycles. The molecule has 1 aromatic carbocycles. The molecule has 4 heteroatoms. The van der Waals surface area contributed by atoms with E-state index >= 15 is 0 Å². The first-order valence-corrected chi connectivity index (χ1v) is 6.28. The van der Waals surface area contributed by atoms with E-state index in [1.165, 1.54) is 12.8 Å². The number of hydrogen-bond donors (Lipinski definition) is 1. The molecule has 0 spiro atoms. The average molecular weight is 251 g/mol. The van der Waals surface area contributed by atoms with E-state index in [0.29, 0.717) is 0 Å². The highest BCUT2D eigenvalue weighted by Gasteiger charge is 2.21. The van der Waals surface area contributed by atoms with E-state index in [9.17, 15) is 0 Å². The molecule has 1 aromatic rings. The summed E-state index contributed by atoms with van der Waals surface area (Å²) in [6.07, 6.45) is 2.70. The first-order valence-electron chi connectivity index (χ1n) is 6.28. The lowest BCUT2D eigenvalue weighted by atomic mass is 10.1. The molecule has 1 aliphatic carbocycles. The van der Waals surface area contributed by atoms with Crippen LogP contribution in [0.1, 0.15) is 18.4 Å². The molecule has 1 saturated carbocycles. The molecule has 18 heavy (non-hydrogen) atoms. The Morgan fingerprint density at radius 2 is 1.67 bits per heavy atom. The average Bonchev–Trinajstić information content (AvgIpc) is 3.22. The molecule has 0 aliphatic heterocycles. The molecule has 100 valence electrons. The van der Waals surface area contributed by atoms with Crippen LogP contribution in [0.2, 0.25) is 0 Å². The molecular weight excluding hydrogens is 230 g/mol. The van der Waals surface area contributed by atoms with Crippen molar-refractivity contribution in [2.75, 3.05) is 27.9 Å². The fraction of sp³-hybridized carbons (Fsp3) is 0.571. The van der Waals surface area contributed by atoms with E-state index < -0.39 is 0 Å². The summed E-state index contributed by atoms with van der Waals surface area (Å²) in [6.45, 7) is 1.82. The summed E-state index contributed by atoms with van der Waals surface area (Å²) >= 11 is 0. The molecule has 0 bridgehead atoms. The minimum atomic E-state index is 0.745. The Kier molecular flexibility index (Phi) is 4.31. The van der Waals surface area contributed by atoms with Crippen LogP contribution < -0.4 is 19.5 Å². The fourth-order valence-corrected chi connectivity index (χ4v) is 1.98. The van der Waals surface area contributed by atoms with Crippen LogP contribution in [-0.2, 0) is 6.54 Å². The first-order chi connectivity index (χ1) is 8.78. The van der Waals surface area contributed by atoms with E-state index in [2.05, 4.69) is 5.32 Å². The predicted octanol–water partition coefficient (Wildman–Crippen LogP) is 2.21. The van der Waals surface area contributed by atoms with Crippen molar-refractivity contribution in [2.24, 2.45) is 5.92 Å². The van der Waals surface area contributed by atoms with Crippen LogP contribution in [0.3, 0.4) is 0 Å². The van der Waals surface area contributed by atoms with Gasteiger partial charge in [0.2, 0.25) is 0 Å². The van der Waals surface area contributed by atoms with Crippen molar-refractivity contribution in [1.29, 1.82) is 0 Å². The maximum absolute atomic E-state index is 5.40. The van der Waals surface area contributed by atoms with Crippen molar-refractivity contribution in [3.8, 4) is 17.2 Å². The van der Waals surface area contributed by atoms with Crippen molar-refractivity contribution >= 4 is 0 Å². The zero-order valence-electron chi connectivity index (χ0n) is 11.3. The summed E-state index contributed by atoms with van der Waals surface area (Å²) in [6, 6.07) is 3.77. The van der Waals surface area contributed by atoms with Crippen molar-refractivity contribution < 1.29 is 14.2 Å². The smallest absolute Gasteiger partial charge is 0.130 e. The molecule has 1 N–H and O–H groups in total. The summed E-state index contributed by atoms with van der Waals surface area (Å²) in [4.78, 5) is 0. The van der Waals surface area contributed by atoms with E-state index in [-0.39, 0.29) is 0 Å². The van der Waals surface area contributed by atoms with Gasteiger partial charge in [-0.15, -0.1) is 0 Å². The van der Waals surface area contributed by atoms with Gasteiger partial charge in [-0.1, -0.05) is 0 Å². The second-order valence-corrected chi connectivity index (χ2v) is 4.58. The Bertz CT molecular complexity index is 377. The zero-order chi connectivity index (χ0) is 13.0. The second kappa shape index (κ2) is 5.96. The number of benzene rings is 1. The van der Waals surface area contributed by atoms with Gasteiger partial charge in [-0.05, 0) is 25.3 Å². The van der Waals surface area contributed by atoms with E-state index in [0.717, 1.165) is 41.8 Å². The quantitative estimate of drug-likeness (QED) is 0.806. The maximum Gasteiger partial charge on any atom is 0.130 e. The zero-order valence-corrected chi connectivity index (χ0v) is 11.3. The Labute approximate surface area is 108 Å². The van der Waals surface area contributed by atoms with Gasteiger partial charge in [0.15, 0.2) is 0 Å². The van der Waals surface area contributed by atoms with Gasteiger partial charge in [0.1, 0.15) is 17.2 Å². The highest BCUT2D eigenvalue weighted by atomic mass is 16.5. The normalized spacial score (nSPS) is 14.4. The number of methoxy groups -OCH3 is 3. The number of nitrogens with one attached hydrogen (secondary N) is 1. The van der Waals surface area contributed by atoms with Gasteiger partial charge in [0.25, 0.3) is 0 Å². The maximum atomic E-state index is 5.40. The molecular formula is C14H21NO3. The van der Waals surface area contributed by atoms with Crippen LogP contribution >= 0.6 is 0 Å². The molecule has 4 nitrogen and oxygen atoms in total. The summed E-state index contributed by atoms with van der Waals surface area (Å²) in [7, 11) is 4.97. The monoisotopic (exact) mass is 251 g/mol. The SMILES string of the molecule is COc1cc(OC)c(CNCC2CC2)c(OC)c1. The largest absolute Gasteiger partial charge is 0.496 e. The van der Waals surface area contributed by atoms with E-state index in [1.807, 2.05) is 12.1 Å². The molecule has 0 unspecified atom stereocenters. The first kappa shape index (κ1) is 13.0. The minimum Gasteiger partial charge on any atom is -0.496 e. The van der Waals surface area contributed by atoms with Gasteiger partial charge in [-0.2, -0.15) is 0 Å². The summed E-state index contributed by atoms with van der Waals surface area (Å²) in [5.41, 5.74) is 1.04. The topological polar surface area (TPSA) is 39.7 Å². The fourth-order valence-electron chi connectivity index (χ4n) is 1.98. The molecule has 0 aromatic heterocycles. The van der Waals surface area contributed by atoms with Crippen molar-refractivity contribution in [3.63, 3.8) is 0 Å². The lowest BCUT2D eigenvalue weighted by Gasteiger charge is -2.15. The predicted molar refractivity (Wildman–Crippen MR) is 70.5 cm³/mol. The second-order valence-electron chi connectivity index (χ2n) is 4.58. The van der Waals surface area contributed by atoms with Crippen molar-refractivity contribution in [2.45, 2.75) is 19.4 Å². The van der Waals surface area contributed by atoms with Crippen LogP contribution in [0, 0.1) is 5.92 Å². The van der Waals surface area contributed by atoms with Crippen molar-refractivity contribution in [1.82, 2.24) is 5.32 Å². The lowest BCUT2D eigenvalue weighted by Crippen LogP contribution is -2.17. The molecule has 1 aliphatic rings. The number of rotatable bonds is 7. The van der Waals surface area contributed by atoms with Gasteiger partial charge >= 0.3 is 0 Å². The van der Waals surface area contributed by atoms with Crippen LogP contribution in [0.5, 0.6) is 17.2 Å². The molecule has 2 rings (SSSR count). The van der Waals surface area contributed by atoms with Gasteiger partial charge in [-0.3, -0.25) is 0 Å². The van der Waals surface area contributed by atoms with Gasteiger partial charge in [0.05, 0.1) is 26.9 Å². The number of ether oxygens (including phenoxy) is 3. The Hall–Kier alpha value is -1.42. The van der Waals surface area contributed by atoms with Gasteiger partial charge < -0.3 is 19.5 Å². The third-order valence-electron chi connectivity index (χ3n) is 3.25. The standard InChI is InChI=1S/C14H21NO3/c1-16-11-6-13(17-2)12(14(7-11)18-3)9-15-8-10-4-5-10/h6-7,10,15H,4-5,8-9H2,1-3H3. The summed E-state index contributed by atoms with van der Waals surface area (Å²) < 4.78 is 16.0. The Balaban J connectivity index is 2.12. The Morgan fingerprint density at radius 3 is 2.11 bits per heavy atom. The molecule has 0 saturated heterocycles. The van der Waals surface area contributed by atoms with Crippen LogP contribution in [0.15, 0.2) is 12.1 Å². The highest BCUT2D eigenvalue weighted by molar-refractivity contribution is 5.50. The lowest BCUT2D eigenvalue weighted by molar-refractivity contribution is 0.366. The van der Waals surface area contributed by atoms with Gasteiger partial charge in [-0.25, -0.2) is 0 Å². The Morgan fingerprint density at radius 1 is 1.06 bits per heavy atom. The molecule has 0 radical (unpaired) electrons. The number of hydrogen-bond acceptors (Lipinski definition) is 4.